The van der Waals surface area contributed by atoms with Gasteiger partial charge < -0.3 is 10.0 Å². The quantitative estimate of drug-likeness (QED) is 0.827. The average molecular weight is 226 g/mol. The Morgan fingerprint density at radius 2 is 2.27 bits per heavy atom. The van der Waals surface area contributed by atoms with Gasteiger partial charge in [0.25, 0.3) is 5.91 Å². The zero-order valence-corrected chi connectivity index (χ0v) is 8.49. The van der Waals surface area contributed by atoms with Gasteiger partial charge in [-0.15, -0.1) is 0 Å². The van der Waals surface area contributed by atoms with E-state index in [4.69, 9.17) is 16.7 Å². The Kier molecular flexibility index (Phi) is 2.36. The number of hydrogen-bond acceptors (Lipinski definition) is 2. The molecule has 1 aromatic carbocycles. The normalized spacial score (nSPS) is 14.2. The fourth-order valence-corrected chi connectivity index (χ4v) is 1.80. The van der Waals surface area contributed by atoms with E-state index < -0.39 is 5.97 Å². The molecule has 0 saturated heterocycles. The number of carboxylic acid groups (broad SMARTS) is 1. The van der Waals surface area contributed by atoms with Crippen LogP contribution in [0.15, 0.2) is 18.2 Å². The number of fused-ring (bicyclic) bond motifs is 1. The molecule has 15 heavy (non-hydrogen) atoms. The molecule has 0 bridgehead atoms. The van der Waals surface area contributed by atoms with Gasteiger partial charge in [0.15, 0.2) is 0 Å². The van der Waals surface area contributed by atoms with E-state index in [9.17, 15) is 9.59 Å². The Balaban J connectivity index is 2.29. The second-order valence-corrected chi connectivity index (χ2v) is 3.79. The predicted molar refractivity (Wildman–Crippen MR) is 53.8 cm³/mol. The molecule has 1 heterocycles. The maximum atomic E-state index is 11.7. The summed E-state index contributed by atoms with van der Waals surface area (Å²) in [6.45, 7) is 0.0722. The summed E-state index contributed by atoms with van der Waals surface area (Å²) in [6, 6.07) is 5.01. The Morgan fingerprint density at radius 3 is 2.93 bits per heavy atom. The standard InChI is InChI=1S/C10H8ClNO3/c11-7-2-1-6-4-12(5-9(13)14)10(15)8(6)3-7/h1-3H,4-5H2,(H,13,14). The van der Waals surface area contributed by atoms with Gasteiger partial charge in [-0.1, -0.05) is 17.7 Å². The summed E-state index contributed by atoms with van der Waals surface area (Å²) in [5.74, 6) is -1.28. The summed E-state index contributed by atoms with van der Waals surface area (Å²) in [7, 11) is 0. The largest absolute Gasteiger partial charge is 0.480 e. The predicted octanol–water partition coefficient (Wildman–Crippen LogP) is 1.38. The Bertz CT molecular complexity index is 444. The molecule has 1 aliphatic rings. The zero-order valence-electron chi connectivity index (χ0n) is 7.74. The molecule has 1 aliphatic heterocycles. The van der Waals surface area contributed by atoms with Crippen LogP contribution in [-0.2, 0) is 11.3 Å². The van der Waals surface area contributed by atoms with Gasteiger partial charge in [-0.3, -0.25) is 9.59 Å². The summed E-state index contributed by atoms with van der Waals surface area (Å²) in [5, 5.41) is 9.09. The Labute approximate surface area is 91.1 Å². The number of amides is 1. The third-order valence-electron chi connectivity index (χ3n) is 2.28. The lowest BCUT2D eigenvalue weighted by atomic mass is 10.1. The zero-order chi connectivity index (χ0) is 11.0. The van der Waals surface area contributed by atoms with Gasteiger partial charge in [-0.05, 0) is 17.7 Å². The molecule has 0 spiro atoms. The molecule has 0 radical (unpaired) electrons. The molecule has 0 aromatic heterocycles. The van der Waals surface area contributed by atoms with Crippen molar-refractivity contribution in [2.24, 2.45) is 0 Å². The van der Waals surface area contributed by atoms with Gasteiger partial charge in [-0.2, -0.15) is 0 Å². The van der Waals surface area contributed by atoms with Crippen molar-refractivity contribution in [2.75, 3.05) is 6.54 Å². The number of benzene rings is 1. The number of carbonyl (C=O) groups excluding carboxylic acids is 1. The van der Waals surface area contributed by atoms with E-state index in [1.807, 2.05) is 0 Å². The summed E-state index contributed by atoms with van der Waals surface area (Å²) in [5.41, 5.74) is 1.33. The fourth-order valence-electron chi connectivity index (χ4n) is 1.62. The minimum atomic E-state index is -1.01. The van der Waals surface area contributed by atoms with Crippen LogP contribution in [0.3, 0.4) is 0 Å². The van der Waals surface area contributed by atoms with Gasteiger partial charge in [0, 0.05) is 17.1 Å². The van der Waals surface area contributed by atoms with Crippen molar-refractivity contribution in [3.63, 3.8) is 0 Å². The van der Waals surface area contributed by atoms with E-state index in [2.05, 4.69) is 0 Å². The number of nitrogens with zero attached hydrogens (tertiary/aromatic N) is 1. The van der Waals surface area contributed by atoms with Crippen LogP contribution in [0.4, 0.5) is 0 Å². The first-order valence-corrected chi connectivity index (χ1v) is 4.75. The van der Waals surface area contributed by atoms with Crippen molar-refractivity contribution in [3.8, 4) is 0 Å². The van der Waals surface area contributed by atoms with E-state index in [1.165, 1.54) is 4.90 Å². The highest BCUT2D eigenvalue weighted by atomic mass is 35.5. The molecular weight excluding hydrogens is 218 g/mol. The number of carboxylic acids is 1. The van der Waals surface area contributed by atoms with E-state index >= 15 is 0 Å². The number of carbonyl (C=O) groups is 2. The third kappa shape index (κ3) is 1.80. The van der Waals surface area contributed by atoms with Crippen LogP contribution in [-0.4, -0.2) is 28.4 Å². The number of hydrogen-bond donors (Lipinski definition) is 1. The summed E-state index contributed by atoms with van der Waals surface area (Å²) < 4.78 is 0. The summed E-state index contributed by atoms with van der Waals surface area (Å²) in [6.07, 6.45) is 0. The van der Waals surface area contributed by atoms with Crippen LogP contribution in [0.2, 0.25) is 5.02 Å². The molecule has 5 heteroatoms. The van der Waals surface area contributed by atoms with Crippen molar-refractivity contribution in [3.05, 3.63) is 34.3 Å². The van der Waals surface area contributed by atoms with Crippen LogP contribution in [0.1, 0.15) is 15.9 Å². The minimum Gasteiger partial charge on any atom is -0.480 e. The lowest BCUT2D eigenvalue weighted by Gasteiger charge is -2.11. The lowest BCUT2D eigenvalue weighted by molar-refractivity contribution is -0.137. The monoisotopic (exact) mass is 225 g/mol. The number of aliphatic carboxylic acids is 1. The molecular formula is C10H8ClNO3. The van der Waals surface area contributed by atoms with Crippen molar-refractivity contribution in [1.82, 2.24) is 4.90 Å². The molecule has 0 fully saturated rings. The average Bonchev–Trinajstić information content (AvgIpc) is 2.44. The maximum Gasteiger partial charge on any atom is 0.323 e. The van der Waals surface area contributed by atoms with Crippen LogP contribution < -0.4 is 0 Å². The Morgan fingerprint density at radius 1 is 1.53 bits per heavy atom. The number of halogens is 1. The van der Waals surface area contributed by atoms with Crippen LogP contribution in [0, 0.1) is 0 Å². The summed E-state index contributed by atoms with van der Waals surface area (Å²) >= 11 is 5.76. The van der Waals surface area contributed by atoms with Gasteiger partial charge >= 0.3 is 5.97 Å². The van der Waals surface area contributed by atoms with E-state index in [-0.39, 0.29) is 12.5 Å². The van der Waals surface area contributed by atoms with Gasteiger partial charge in [0.1, 0.15) is 6.54 Å². The molecule has 4 nitrogen and oxygen atoms in total. The lowest BCUT2D eigenvalue weighted by Crippen LogP contribution is -2.29. The van der Waals surface area contributed by atoms with Crippen LogP contribution >= 0.6 is 11.6 Å². The first kappa shape index (κ1) is 9.98. The molecule has 0 saturated carbocycles. The smallest absolute Gasteiger partial charge is 0.323 e. The fraction of sp³-hybridized carbons (Fsp3) is 0.200. The third-order valence-corrected chi connectivity index (χ3v) is 2.51. The second-order valence-electron chi connectivity index (χ2n) is 3.36. The molecule has 0 unspecified atom stereocenters. The van der Waals surface area contributed by atoms with E-state index in [0.29, 0.717) is 17.1 Å². The topological polar surface area (TPSA) is 57.6 Å². The number of rotatable bonds is 2. The molecule has 0 aliphatic carbocycles. The SMILES string of the molecule is O=C(O)CN1Cc2ccc(Cl)cc2C1=O. The van der Waals surface area contributed by atoms with Gasteiger partial charge in [0.05, 0.1) is 0 Å². The highest BCUT2D eigenvalue weighted by molar-refractivity contribution is 6.31. The molecule has 2 rings (SSSR count). The second kappa shape index (κ2) is 3.55. The molecule has 78 valence electrons. The highest BCUT2D eigenvalue weighted by Crippen LogP contribution is 2.25. The molecule has 1 aromatic rings. The van der Waals surface area contributed by atoms with Gasteiger partial charge in [0.2, 0.25) is 0 Å². The maximum absolute atomic E-state index is 11.7. The Hall–Kier alpha value is -1.55. The van der Waals surface area contributed by atoms with E-state index in [1.54, 1.807) is 18.2 Å². The highest BCUT2D eigenvalue weighted by Gasteiger charge is 2.28. The van der Waals surface area contributed by atoms with Crippen molar-refractivity contribution >= 4 is 23.5 Å². The van der Waals surface area contributed by atoms with Crippen LogP contribution in [0.5, 0.6) is 0 Å². The molecule has 0 atom stereocenters. The molecule has 1 N–H and O–H groups in total. The van der Waals surface area contributed by atoms with Crippen LogP contribution in [0.25, 0.3) is 0 Å². The van der Waals surface area contributed by atoms with Crippen molar-refractivity contribution in [2.45, 2.75) is 6.54 Å². The molecule has 1 amide bonds. The first-order chi connectivity index (χ1) is 7.08. The van der Waals surface area contributed by atoms with Crippen molar-refractivity contribution in [1.29, 1.82) is 0 Å². The van der Waals surface area contributed by atoms with Crippen molar-refractivity contribution < 1.29 is 14.7 Å². The van der Waals surface area contributed by atoms with E-state index in [0.717, 1.165) is 5.56 Å². The minimum absolute atomic E-state index is 0.269. The van der Waals surface area contributed by atoms with Gasteiger partial charge in [-0.25, -0.2) is 0 Å². The summed E-state index contributed by atoms with van der Waals surface area (Å²) in [4.78, 5) is 23.5. The first-order valence-electron chi connectivity index (χ1n) is 4.37.